The van der Waals surface area contributed by atoms with E-state index < -0.39 is 0 Å². The molecule has 1 amide bonds. The molecule has 0 N–H and O–H groups in total. The van der Waals surface area contributed by atoms with Crippen molar-refractivity contribution < 1.29 is 14.3 Å². The largest absolute Gasteiger partial charge is 0.485 e. The van der Waals surface area contributed by atoms with Crippen LogP contribution in [0, 0.1) is 6.92 Å². The van der Waals surface area contributed by atoms with E-state index in [-0.39, 0.29) is 11.5 Å². The second kappa shape index (κ2) is 6.18. The summed E-state index contributed by atoms with van der Waals surface area (Å²) in [4.78, 5) is 32.3. The molecule has 2 aliphatic heterocycles. The molecule has 25 heavy (non-hydrogen) atoms. The smallest absolute Gasteiger partial charge is 0.267 e. The van der Waals surface area contributed by atoms with E-state index in [2.05, 4.69) is 4.98 Å². The Hall–Kier alpha value is -2.35. The van der Waals surface area contributed by atoms with Gasteiger partial charge in [0.25, 0.3) is 11.5 Å². The number of ether oxygens (including phenoxy) is 2. The van der Waals surface area contributed by atoms with E-state index >= 15 is 0 Å². The first kappa shape index (κ1) is 16.1. The highest BCUT2D eigenvalue weighted by atomic mass is 32.1. The Balaban J connectivity index is 1.60. The maximum atomic E-state index is 13.0. The lowest BCUT2D eigenvalue weighted by atomic mass is 10.1. The third kappa shape index (κ3) is 2.70. The summed E-state index contributed by atoms with van der Waals surface area (Å²) in [5.74, 6) is 1.82. The maximum absolute atomic E-state index is 13.0. The second-order valence-electron chi connectivity index (χ2n) is 6.20. The van der Waals surface area contributed by atoms with Crippen molar-refractivity contribution in [3.05, 3.63) is 37.7 Å². The first-order chi connectivity index (χ1) is 12.1. The number of thiophene rings is 1. The van der Waals surface area contributed by atoms with E-state index in [9.17, 15) is 9.59 Å². The van der Waals surface area contributed by atoms with Crippen LogP contribution in [0.15, 0.2) is 10.2 Å². The summed E-state index contributed by atoms with van der Waals surface area (Å²) < 4.78 is 12.7. The molecule has 0 bridgehead atoms. The fourth-order valence-electron chi connectivity index (χ4n) is 3.23. The number of aromatic nitrogens is 2. The number of fused-ring (bicyclic) bond motifs is 2. The summed E-state index contributed by atoms with van der Waals surface area (Å²) in [5.41, 5.74) is 1.52. The van der Waals surface area contributed by atoms with Gasteiger partial charge in [-0.1, -0.05) is 0 Å². The average Bonchev–Trinajstić information content (AvgIpc) is 2.93. The Bertz CT molecular complexity index is 902. The van der Waals surface area contributed by atoms with Crippen molar-refractivity contribution in [1.82, 2.24) is 14.5 Å². The number of carbonyl (C=O) groups is 1. The fraction of sp³-hybridized carbons (Fsp3) is 0.471. The van der Waals surface area contributed by atoms with Crippen LogP contribution in [0.4, 0.5) is 0 Å². The molecule has 0 unspecified atom stereocenters. The van der Waals surface area contributed by atoms with Gasteiger partial charge in [0.15, 0.2) is 11.5 Å². The lowest BCUT2D eigenvalue weighted by molar-refractivity contribution is 0.0759. The molecule has 0 fully saturated rings. The fourth-order valence-corrected chi connectivity index (χ4v) is 4.12. The molecule has 0 aromatic carbocycles. The topological polar surface area (TPSA) is 73.7 Å². The van der Waals surface area contributed by atoms with Crippen LogP contribution >= 0.6 is 11.3 Å². The molecule has 2 aliphatic rings. The second-order valence-corrected chi connectivity index (χ2v) is 7.08. The number of hydrogen-bond acceptors (Lipinski definition) is 6. The molecule has 0 saturated carbocycles. The summed E-state index contributed by atoms with van der Waals surface area (Å²) in [7, 11) is 1.73. The number of aryl methyl sites for hydroxylation is 1. The van der Waals surface area contributed by atoms with Crippen molar-refractivity contribution in [2.24, 2.45) is 7.05 Å². The van der Waals surface area contributed by atoms with Crippen LogP contribution in [0.3, 0.4) is 0 Å². The molecule has 8 heteroatoms. The van der Waals surface area contributed by atoms with Gasteiger partial charge in [-0.15, -0.1) is 11.3 Å². The SMILES string of the molecule is Cc1nc2c(c(=O)n1C)CCN(C(=O)c1scc3c1OCCO3)CC2. The van der Waals surface area contributed by atoms with E-state index in [4.69, 9.17) is 9.47 Å². The molecule has 4 heterocycles. The zero-order chi connectivity index (χ0) is 17.6. The summed E-state index contributed by atoms with van der Waals surface area (Å²) in [6, 6.07) is 0. The predicted octanol–water partition coefficient (Wildman–Crippen LogP) is 1.16. The predicted molar refractivity (Wildman–Crippen MR) is 92.8 cm³/mol. The summed E-state index contributed by atoms with van der Waals surface area (Å²) in [6.07, 6.45) is 1.11. The van der Waals surface area contributed by atoms with Crippen LogP contribution in [0.25, 0.3) is 0 Å². The van der Waals surface area contributed by atoms with Crippen LogP contribution in [0.1, 0.15) is 26.8 Å². The standard InChI is InChI=1S/C17H19N3O4S/c1-10-18-12-4-6-20(5-3-11(12)16(21)19(10)2)17(22)15-14-13(9-25-15)23-7-8-24-14/h9H,3-8H2,1-2H3. The third-order valence-corrected chi connectivity index (χ3v) is 5.65. The molecule has 2 aromatic rings. The number of carbonyl (C=O) groups excluding carboxylic acids is 1. The molecule has 0 radical (unpaired) electrons. The van der Waals surface area contributed by atoms with Crippen molar-refractivity contribution in [2.45, 2.75) is 19.8 Å². The first-order valence-corrected chi connectivity index (χ1v) is 9.16. The number of nitrogens with zero attached hydrogens (tertiary/aromatic N) is 3. The van der Waals surface area contributed by atoms with Gasteiger partial charge in [-0.25, -0.2) is 4.98 Å². The monoisotopic (exact) mass is 361 g/mol. The third-order valence-electron chi connectivity index (χ3n) is 4.73. The Labute approximate surface area is 148 Å². The number of amides is 1. The van der Waals surface area contributed by atoms with Crippen molar-refractivity contribution in [2.75, 3.05) is 26.3 Å². The molecule has 2 aromatic heterocycles. The zero-order valence-corrected chi connectivity index (χ0v) is 15.0. The molecule has 0 atom stereocenters. The maximum Gasteiger partial charge on any atom is 0.267 e. The number of rotatable bonds is 1. The average molecular weight is 361 g/mol. The molecule has 0 saturated heterocycles. The van der Waals surface area contributed by atoms with E-state index in [0.29, 0.717) is 61.3 Å². The number of hydrogen-bond donors (Lipinski definition) is 0. The normalized spacial score (nSPS) is 16.3. The van der Waals surface area contributed by atoms with Gasteiger partial charge in [-0.05, 0) is 13.3 Å². The van der Waals surface area contributed by atoms with Gasteiger partial charge in [0.05, 0.1) is 5.69 Å². The van der Waals surface area contributed by atoms with E-state index in [1.807, 2.05) is 12.3 Å². The molecule has 0 spiro atoms. The van der Waals surface area contributed by atoms with Crippen molar-refractivity contribution in [3.63, 3.8) is 0 Å². The van der Waals surface area contributed by atoms with Gasteiger partial charge in [-0.2, -0.15) is 0 Å². The van der Waals surface area contributed by atoms with Crippen molar-refractivity contribution >= 4 is 17.2 Å². The Kier molecular flexibility index (Phi) is 3.99. The Morgan fingerprint density at radius 2 is 2.00 bits per heavy atom. The van der Waals surface area contributed by atoms with Gasteiger partial charge >= 0.3 is 0 Å². The van der Waals surface area contributed by atoms with Crippen LogP contribution in [0.2, 0.25) is 0 Å². The molecular formula is C17H19N3O4S. The summed E-state index contributed by atoms with van der Waals surface area (Å²) in [6.45, 7) is 3.82. The summed E-state index contributed by atoms with van der Waals surface area (Å²) >= 11 is 1.34. The van der Waals surface area contributed by atoms with Gasteiger partial charge in [0.1, 0.15) is 23.9 Å². The highest BCUT2D eigenvalue weighted by molar-refractivity contribution is 7.12. The highest BCUT2D eigenvalue weighted by Crippen LogP contribution is 2.40. The van der Waals surface area contributed by atoms with Gasteiger partial charge < -0.3 is 14.4 Å². The Morgan fingerprint density at radius 1 is 1.24 bits per heavy atom. The van der Waals surface area contributed by atoms with Crippen LogP contribution < -0.4 is 15.0 Å². The van der Waals surface area contributed by atoms with Crippen LogP contribution in [-0.2, 0) is 19.9 Å². The Morgan fingerprint density at radius 3 is 2.84 bits per heavy atom. The minimum atomic E-state index is -0.0712. The zero-order valence-electron chi connectivity index (χ0n) is 14.2. The minimum Gasteiger partial charge on any atom is -0.485 e. The molecule has 7 nitrogen and oxygen atoms in total. The van der Waals surface area contributed by atoms with E-state index in [0.717, 1.165) is 11.3 Å². The summed E-state index contributed by atoms with van der Waals surface area (Å²) in [5, 5.41) is 1.81. The highest BCUT2D eigenvalue weighted by Gasteiger charge is 2.29. The lowest BCUT2D eigenvalue weighted by Gasteiger charge is -2.21. The quantitative estimate of drug-likeness (QED) is 0.762. The molecular weight excluding hydrogens is 342 g/mol. The van der Waals surface area contributed by atoms with E-state index in [1.165, 1.54) is 11.3 Å². The van der Waals surface area contributed by atoms with Crippen LogP contribution in [0.5, 0.6) is 11.5 Å². The van der Waals surface area contributed by atoms with Crippen molar-refractivity contribution in [3.8, 4) is 11.5 Å². The van der Waals surface area contributed by atoms with Gasteiger partial charge in [0, 0.05) is 37.5 Å². The van der Waals surface area contributed by atoms with Gasteiger partial charge in [0.2, 0.25) is 0 Å². The van der Waals surface area contributed by atoms with Crippen LogP contribution in [-0.4, -0.2) is 46.7 Å². The van der Waals surface area contributed by atoms with Crippen molar-refractivity contribution in [1.29, 1.82) is 0 Å². The molecule has 132 valence electrons. The lowest BCUT2D eigenvalue weighted by Crippen LogP contribution is -2.33. The molecule has 4 rings (SSSR count). The first-order valence-electron chi connectivity index (χ1n) is 8.28. The minimum absolute atomic E-state index is 0.0120. The van der Waals surface area contributed by atoms with E-state index in [1.54, 1.807) is 16.5 Å². The van der Waals surface area contributed by atoms with Gasteiger partial charge in [-0.3, -0.25) is 14.2 Å². The molecule has 0 aliphatic carbocycles.